The van der Waals surface area contributed by atoms with Gasteiger partial charge in [-0.2, -0.15) is 0 Å². The van der Waals surface area contributed by atoms with Crippen molar-refractivity contribution in [2.75, 3.05) is 19.6 Å². The highest BCUT2D eigenvalue weighted by Gasteiger charge is 2.50. The van der Waals surface area contributed by atoms with Crippen molar-refractivity contribution in [2.24, 2.45) is 11.7 Å². The Bertz CT molecular complexity index is 450. The molecular formula is C15H21N3O. The number of nitrogens with one attached hydrogen (secondary N) is 1. The van der Waals surface area contributed by atoms with Crippen LogP contribution in [0.2, 0.25) is 0 Å². The van der Waals surface area contributed by atoms with Crippen LogP contribution in [-0.2, 0) is 11.3 Å². The van der Waals surface area contributed by atoms with Gasteiger partial charge in [-0.1, -0.05) is 30.3 Å². The number of carbonyl (C=O) groups excluding carboxylic acids is 1. The van der Waals surface area contributed by atoms with Crippen LogP contribution in [0, 0.1) is 5.92 Å². The Morgan fingerprint density at radius 1 is 1.32 bits per heavy atom. The Hall–Kier alpha value is -1.39. The fourth-order valence-electron chi connectivity index (χ4n) is 2.87. The van der Waals surface area contributed by atoms with Crippen LogP contribution in [0.25, 0.3) is 0 Å². The maximum Gasteiger partial charge on any atom is 0.234 e. The van der Waals surface area contributed by atoms with E-state index in [0.717, 1.165) is 18.7 Å². The zero-order valence-electron chi connectivity index (χ0n) is 11.1. The Kier molecular flexibility index (Phi) is 3.29. The van der Waals surface area contributed by atoms with Gasteiger partial charge in [0.1, 0.15) is 0 Å². The summed E-state index contributed by atoms with van der Waals surface area (Å²) in [4.78, 5) is 14.0. The Morgan fingerprint density at radius 3 is 2.63 bits per heavy atom. The second kappa shape index (κ2) is 4.94. The summed E-state index contributed by atoms with van der Waals surface area (Å²) in [5.41, 5.74) is 7.40. The molecule has 2 fully saturated rings. The van der Waals surface area contributed by atoms with E-state index < -0.39 is 0 Å². The summed E-state index contributed by atoms with van der Waals surface area (Å²) in [5, 5.41) is 2.95. The molecule has 19 heavy (non-hydrogen) atoms. The van der Waals surface area contributed by atoms with Crippen molar-refractivity contribution >= 4 is 5.91 Å². The van der Waals surface area contributed by atoms with Gasteiger partial charge in [-0.15, -0.1) is 0 Å². The third-order valence-corrected chi connectivity index (χ3v) is 4.13. The maximum absolute atomic E-state index is 11.8. The zero-order valence-corrected chi connectivity index (χ0v) is 11.1. The first-order valence-electron chi connectivity index (χ1n) is 6.98. The van der Waals surface area contributed by atoms with Gasteiger partial charge in [-0.05, 0) is 24.3 Å². The molecule has 0 aromatic heterocycles. The molecule has 3 rings (SSSR count). The van der Waals surface area contributed by atoms with Crippen molar-refractivity contribution in [3.63, 3.8) is 0 Å². The SMILES string of the molecule is NC1(C2CC2)CN(CC(=O)NCc2ccccc2)C1. The smallest absolute Gasteiger partial charge is 0.234 e. The van der Waals surface area contributed by atoms with Crippen molar-refractivity contribution in [1.82, 2.24) is 10.2 Å². The van der Waals surface area contributed by atoms with E-state index in [-0.39, 0.29) is 11.4 Å². The molecule has 0 unspecified atom stereocenters. The summed E-state index contributed by atoms with van der Waals surface area (Å²) >= 11 is 0. The molecule has 0 radical (unpaired) electrons. The number of hydrogen-bond acceptors (Lipinski definition) is 3. The summed E-state index contributed by atoms with van der Waals surface area (Å²) in [6, 6.07) is 9.97. The minimum Gasteiger partial charge on any atom is -0.351 e. The largest absolute Gasteiger partial charge is 0.351 e. The van der Waals surface area contributed by atoms with Crippen LogP contribution in [-0.4, -0.2) is 36.0 Å². The van der Waals surface area contributed by atoms with Crippen molar-refractivity contribution in [3.8, 4) is 0 Å². The van der Waals surface area contributed by atoms with Gasteiger partial charge in [0.05, 0.1) is 6.54 Å². The van der Waals surface area contributed by atoms with E-state index in [1.165, 1.54) is 12.8 Å². The third-order valence-electron chi connectivity index (χ3n) is 4.13. The van der Waals surface area contributed by atoms with Gasteiger partial charge in [0.15, 0.2) is 0 Å². The molecule has 1 saturated carbocycles. The summed E-state index contributed by atoms with van der Waals surface area (Å²) < 4.78 is 0. The normalized spacial score (nSPS) is 21.7. The van der Waals surface area contributed by atoms with Crippen LogP contribution >= 0.6 is 0 Å². The van der Waals surface area contributed by atoms with E-state index >= 15 is 0 Å². The molecule has 1 aliphatic heterocycles. The minimum absolute atomic E-state index is 0.000288. The summed E-state index contributed by atoms with van der Waals surface area (Å²) in [6.45, 7) is 2.81. The van der Waals surface area contributed by atoms with Gasteiger partial charge in [0.2, 0.25) is 5.91 Å². The average Bonchev–Trinajstić information content (AvgIpc) is 3.20. The molecule has 4 nitrogen and oxygen atoms in total. The number of benzene rings is 1. The van der Waals surface area contributed by atoms with Gasteiger partial charge in [-0.25, -0.2) is 0 Å². The predicted molar refractivity (Wildman–Crippen MR) is 74.4 cm³/mol. The van der Waals surface area contributed by atoms with Crippen LogP contribution in [0.5, 0.6) is 0 Å². The van der Waals surface area contributed by atoms with E-state index in [1.54, 1.807) is 0 Å². The number of amides is 1. The second-order valence-electron chi connectivity index (χ2n) is 5.91. The van der Waals surface area contributed by atoms with Gasteiger partial charge in [0.25, 0.3) is 0 Å². The molecule has 1 aromatic rings. The van der Waals surface area contributed by atoms with Gasteiger partial charge in [-0.3, -0.25) is 9.69 Å². The summed E-state index contributed by atoms with van der Waals surface area (Å²) in [7, 11) is 0. The van der Waals surface area contributed by atoms with Crippen LogP contribution in [0.4, 0.5) is 0 Å². The molecule has 2 aliphatic rings. The molecule has 0 atom stereocenters. The van der Waals surface area contributed by atoms with Gasteiger partial charge in [0, 0.05) is 25.2 Å². The Morgan fingerprint density at radius 2 is 2.00 bits per heavy atom. The molecule has 1 aliphatic carbocycles. The number of carbonyl (C=O) groups is 1. The lowest BCUT2D eigenvalue weighted by molar-refractivity contribution is -0.124. The topological polar surface area (TPSA) is 58.4 Å². The lowest BCUT2D eigenvalue weighted by atomic mass is 9.86. The average molecular weight is 259 g/mol. The third kappa shape index (κ3) is 2.96. The standard InChI is InChI=1S/C15H21N3O/c16-15(13-6-7-13)10-18(11-15)9-14(19)17-8-12-4-2-1-3-5-12/h1-5,13H,6-11,16H2,(H,17,19). The van der Waals surface area contributed by atoms with E-state index in [0.29, 0.717) is 19.0 Å². The Balaban J connectivity index is 1.38. The monoisotopic (exact) mass is 259 g/mol. The minimum atomic E-state index is -0.000288. The van der Waals surface area contributed by atoms with Crippen LogP contribution in [0.15, 0.2) is 30.3 Å². The number of hydrogen-bond donors (Lipinski definition) is 2. The molecule has 1 heterocycles. The molecule has 102 valence electrons. The highest BCUT2D eigenvalue weighted by Crippen LogP contribution is 2.42. The van der Waals surface area contributed by atoms with Gasteiger partial charge < -0.3 is 11.1 Å². The molecule has 0 spiro atoms. The summed E-state index contributed by atoms with van der Waals surface area (Å²) in [5.74, 6) is 0.790. The molecule has 1 saturated heterocycles. The highest BCUT2D eigenvalue weighted by molar-refractivity contribution is 5.78. The first-order chi connectivity index (χ1) is 9.16. The van der Waals surface area contributed by atoms with Crippen molar-refractivity contribution in [1.29, 1.82) is 0 Å². The van der Waals surface area contributed by atoms with Crippen molar-refractivity contribution in [2.45, 2.75) is 24.9 Å². The first-order valence-corrected chi connectivity index (χ1v) is 6.98. The fraction of sp³-hybridized carbons (Fsp3) is 0.533. The molecule has 1 amide bonds. The second-order valence-corrected chi connectivity index (χ2v) is 5.91. The molecule has 1 aromatic carbocycles. The van der Waals surface area contributed by atoms with Crippen molar-refractivity contribution < 1.29 is 4.79 Å². The van der Waals surface area contributed by atoms with Gasteiger partial charge >= 0.3 is 0 Å². The zero-order chi connectivity index (χ0) is 13.3. The van der Waals surface area contributed by atoms with Crippen LogP contribution < -0.4 is 11.1 Å². The maximum atomic E-state index is 11.8. The number of nitrogens with two attached hydrogens (primary N) is 1. The highest BCUT2D eigenvalue weighted by atomic mass is 16.2. The lowest BCUT2D eigenvalue weighted by Crippen LogP contribution is -2.69. The number of nitrogens with zero attached hydrogens (tertiary/aromatic N) is 1. The van der Waals surface area contributed by atoms with E-state index in [4.69, 9.17) is 5.73 Å². The molecule has 0 bridgehead atoms. The van der Waals surface area contributed by atoms with E-state index in [1.807, 2.05) is 30.3 Å². The van der Waals surface area contributed by atoms with E-state index in [2.05, 4.69) is 10.2 Å². The fourth-order valence-corrected chi connectivity index (χ4v) is 2.87. The number of likely N-dealkylation sites (tertiary alicyclic amines) is 1. The van der Waals surface area contributed by atoms with Crippen LogP contribution in [0.1, 0.15) is 18.4 Å². The predicted octanol–water partition coefficient (Wildman–Crippen LogP) is 0.726. The van der Waals surface area contributed by atoms with E-state index in [9.17, 15) is 4.79 Å². The molecule has 3 N–H and O–H groups in total. The molecule has 4 heteroatoms. The molecular weight excluding hydrogens is 238 g/mol. The Labute approximate surface area is 114 Å². The lowest BCUT2D eigenvalue weighted by Gasteiger charge is -2.48. The number of rotatable bonds is 5. The van der Waals surface area contributed by atoms with Crippen molar-refractivity contribution in [3.05, 3.63) is 35.9 Å². The first kappa shape index (κ1) is 12.6. The van der Waals surface area contributed by atoms with Crippen LogP contribution in [0.3, 0.4) is 0 Å². The quantitative estimate of drug-likeness (QED) is 0.819. The summed E-state index contributed by atoms with van der Waals surface area (Å²) in [6.07, 6.45) is 2.54.